The van der Waals surface area contributed by atoms with Crippen LogP contribution in [0.5, 0.6) is 0 Å². The lowest BCUT2D eigenvalue weighted by Crippen LogP contribution is -2.19. The van der Waals surface area contributed by atoms with E-state index in [1.54, 1.807) is 0 Å². The maximum Gasteiger partial charge on any atom is 0.263 e. The molecule has 144 valence electrons. The van der Waals surface area contributed by atoms with Crippen molar-refractivity contribution in [3.8, 4) is 0 Å². The molecule has 0 aromatic rings. The van der Waals surface area contributed by atoms with E-state index in [2.05, 4.69) is 51.2 Å². The standard InChI is InChI=1S/C23H29NOS2/c1-16(11-13-19-18(3)10-7-15-23(19,4)5)8-6-9-17(2)12-14-20-21(25)24-22(26)27-20/h6,8-9,11-14H,7,10,15H2,1-5H3,(H,24,25,26)/b9-6+,13-11+,16-8+,17-12+,20-14+. The van der Waals surface area contributed by atoms with Gasteiger partial charge in [0, 0.05) is 0 Å². The Morgan fingerprint density at radius 3 is 2.52 bits per heavy atom. The molecule has 27 heavy (non-hydrogen) atoms. The Labute approximate surface area is 173 Å². The second kappa shape index (κ2) is 9.52. The van der Waals surface area contributed by atoms with E-state index in [1.165, 1.54) is 47.7 Å². The third-order valence-corrected chi connectivity index (χ3v) is 6.09. The fourth-order valence-corrected chi connectivity index (χ4v) is 4.32. The zero-order valence-electron chi connectivity index (χ0n) is 16.9. The Bertz CT molecular complexity index is 804. The lowest BCUT2D eigenvalue weighted by Gasteiger charge is -2.32. The Kier molecular flexibility index (Phi) is 7.63. The van der Waals surface area contributed by atoms with Crippen LogP contribution in [0.1, 0.15) is 53.9 Å². The first kappa shape index (κ1) is 21.6. The maximum absolute atomic E-state index is 11.6. The van der Waals surface area contributed by atoms with E-state index < -0.39 is 0 Å². The summed E-state index contributed by atoms with van der Waals surface area (Å²) in [5.41, 5.74) is 5.57. The highest BCUT2D eigenvalue weighted by Gasteiger charge is 2.26. The SMILES string of the molecule is CC1=C(/C=C/C(C)=C/C=C/C(C)=C/C=C2/SC(=S)NC2=O)C(C)(C)CCC1. The van der Waals surface area contributed by atoms with Gasteiger partial charge in [0.15, 0.2) is 0 Å². The minimum atomic E-state index is -0.117. The molecule has 0 unspecified atom stereocenters. The highest BCUT2D eigenvalue weighted by atomic mass is 32.2. The van der Waals surface area contributed by atoms with Gasteiger partial charge < -0.3 is 5.32 Å². The average Bonchev–Trinajstić information content (AvgIpc) is 2.89. The summed E-state index contributed by atoms with van der Waals surface area (Å²) >= 11 is 6.29. The van der Waals surface area contributed by atoms with Crippen LogP contribution in [0.3, 0.4) is 0 Å². The molecular formula is C23H29NOS2. The van der Waals surface area contributed by atoms with Crippen LogP contribution in [0, 0.1) is 5.41 Å². The summed E-state index contributed by atoms with van der Waals surface area (Å²) in [5, 5.41) is 2.62. The van der Waals surface area contributed by atoms with Gasteiger partial charge in [0.1, 0.15) is 4.32 Å². The maximum atomic E-state index is 11.6. The summed E-state index contributed by atoms with van der Waals surface area (Å²) in [4.78, 5) is 12.3. The molecule has 0 atom stereocenters. The fourth-order valence-electron chi connectivity index (χ4n) is 3.33. The molecule has 0 saturated carbocycles. The number of carbonyl (C=O) groups is 1. The van der Waals surface area contributed by atoms with Crippen molar-refractivity contribution in [2.45, 2.75) is 53.9 Å². The minimum Gasteiger partial charge on any atom is -0.307 e. The van der Waals surface area contributed by atoms with E-state index in [0.717, 1.165) is 5.57 Å². The topological polar surface area (TPSA) is 29.1 Å². The first-order chi connectivity index (χ1) is 12.7. The number of rotatable bonds is 5. The normalized spacial score (nSPS) is 23.2. The number of amides is 1. The number of allylic oxidation sites excluding steroid dienone is 11. The first-order valence-corrected chi connectivity index (χ1v) is 10.6. The number of thioether (sulfide) groups is 1. The molecule has 1 heterocycles. The lowest BCUT2D eigenvalue weighted by molar-refractivity contribution is -0.115. The van der Waals surface area contributed by atoms with Crippen LogP contribution in [0.25, 0.3) is 0 Å². The van der Waals surface area contributed by atoms with Crippen LogP contribution >= 0.6 is 24.0 Å². The number of hydrogen-bond donors (Lipinski definition) is 1. The predicted molar refractivity (Wildman–Crippen MR) is 123 cm³/mol. The summed E-state index contributed by atoms with van der Waals surface area (Å²) in [6, 6.07) is 0. The van der Waals surface area contributed by atoms with Gasteiger partial charge in [0.25, 0.3) is 5.91 Å². The quantitative estimate of drug-likeness (QED) is 0.323. The molecule has 2 aliphatic rings. The van der Waals surface area contributed by atoms with Gasteiger partial charge in [-0.3, -0.25) is 4.79 Å². The van der Waals surface area contributed by atoms with Crippen molar-refractivity contribution in [2.75, 3.05) is 0 Å². The van der Waals surface area contributed by atoms with E-state index in [4.69, 9.17) is 12.2 Å². The van der Waals surface area contributed by atoms with Crippen LogP contribution in [-0.4, -0.2) is 10.2 Å². The molecule has 0 aromatic carbocycles. The molecule has 2 nitrogen and oxygen atoms in total. The molecule has 1 N–H and O–H groups in total. The van der Waals surface area contributed by atoms with Crippen molar-refractivity contribution in [1.29, 1.82) is 0 Å². The van der Waals surface area contributed by atoms with Gasteiger partial charge in [-0.05, 0) is 57.1 Å². The number of hydrogen-bond acceptors (Lipinski definition) is 3. The van der Waals surface area contributed by atoms with Gasteiger partial charge in [-0.25, -0.2) is 0 Å². The van der Waals surface area contributed by atoms with Crippen LogP contribution < -0.4 is 5.32 Å². The van der Waals surface area contributed by atoms with Crippen molar-refractivity contribution in [2.24, 2.45) is 5.41 Å². The Balaban J connectivity index is 2.00. The smallest absolute Gasteiger partial charge is 0.263 e. The van der Waals surface area contributed by atoms with Crippen molar-refractivity contribution < 1.29 is 4.79 Å². The molecule has 2 rings (SSSR count). The molecule has 1 fully saturated rings. The van der Waals surface area contributed by atoms with E-state index in [0.29, 0.717) is 9.23 Å². The highest BCUT2D eigenvalue weighted by molar-refractivity contribution is 8.26. The number of carbonyl (C=O) groups excluding carboxylic acids is 1. The summed E-state index contributed by atoms with van der Waals surface area (Å²) in [6.07, 6.45) is 18.2. The Morgan fingerprint density at radius 2 is 1.89 bits per heavy atom. The lowest BCUT2D eigenvalue weighted by atomic mass is 9.72. The van der Waals surface area contributed by atoms with E-state index >= 15 is 0 Å². The van der Waals surface area contributed by atoms with Gasteiger partial charge in [0.05, 0.1) is 4.91 Å². The molecule has 0 radical (unpaired) electrons. The van der Waals surface area contributed by atoms with Crippen molar-refractivity contribution >= 4 is 34.2 Å². The Hall–Kier alpha value is -1.65. The molecular weight excluding hydrogens is 370 g/mol. The first-order valence-electron chi connectivity index (χ1n) is 9.34. The highest BCUT2D eigenvalue weighted by Crippen LogP contribution is 2.40. The molecule has 1 amide bonds. The molecule has 4 heteroatoms. The monoisotopic (exact) mass is 399 g/mol. The van der Waals surface area contributed by atoms with Gasteiger partial charge in [-0.15, -0.1) is 0 Å². The number of nitrogens with one attached hydrogen (secondary N) is 1. The van der Waals surface area contributed by atoms with Crippen molar-refractivity contribution in [3.63, 3.8) is 0 Å². The second-order valence-electron chi connectivity index (χ2n) is 7.82. The summed E-state index contributed by atoms with van der Waals surface area (Å²) in [5.74, 6) is -0.117. The minimum absolute atomic E-state index is 0.117. The zero-order valence-corrected chi connectivity index (χ0v) is 18.5. The Morgan fingerprint density at radius 1 is 1.19 bits per heavy atom. The largest absolute Gasteiger partial charge is 0.307 e. The van der Waals surface area contributed by atoms with Crippen LogP contribution in [0.4, 0.5) is 0 Å². The fraction of sp³-hybridized carbons (Fsp3) is 0.391. The zero-order chi connectivity index (χ0) is 20.0. The molecule has 1 aliphatic carbocycles. The molecule has 0 spiro atoms. The average molecular weight is 400 g/mol. The van der Waals surface area contributed by atoms with E-state index in [1.807, 2.05) is 31.2 Å². The predicted octanol–water partition coefficient (Wildman–Crippen LogP) is 6.55. The van der Waals surface area contributed by atoms with Gasteiger partial charge in [-0.2, -0.15) is 0 Å². The van der Waals surface area contributed by atoms with Crippen LogP contribution in [0.15, 0.2) is 69.7 Å². The third-order valence-electron chi connectivity index (χ3n) is 4.91. The number of thiocarbonyl (C=S) groups is 1. The summed E-state index contributed by atoms with van der Waals surface area (Å²) in [7, 11) is 0. The van der Waals surface area contributed by atoms with Crippen molar-refractivity contribution in [3.05, 3.63) is 69.7 Å². The molecule has 1 saturated heterocycles. The van der Waals surface area contributed by atoms with Gasteiger partial charge in [0.2, 0.25) is 0 Å². The second-order valence-corrected chi connectivity index (χ2v) is 9.54. The van der Waals surface area contributed by atoms with Gasteiger partial charge >= 0.3 is 0 Å². The van der Waals surface area contributed by atoms with E-state index in [9.17, 15) is 4.79 Å². The van der Waals surface area contributed by atoms with Crippen molar-refractivity contribution in [1.82, 2.24) is 5.32 Å². The summed E-state index contributed by atoms with van der Waals surface area (Å²) in [6.45, 7) is 11.1. The summed E-state index contributed by atoms with van der Waals surface area (Å²) < 4.78 is 0.518. The molecule has 0 aromatic heterocycles. The van der Waals surface area contributed by atoms with Crippen LogP contribution in [0.2, 0.25) is 0 Å². The molecule has 1 aliphatic heterocycles. The molecule has 0 bridgehead atoms. The third kappa shape index (κ3) is 6.47. The van der Waals surface area contributed by atoms with Gasteiger partial charge in [-0.1, -0.05) is 91.0 Å². The van der Waals surface area contributed by atoms with Crippen LogP contribution in [-0.2, 0) is 4.79 Å². The van der Waals surface area contributed by atoms with E-state index in [-0.39, 0.29) is 11.3 Å².